The fourth-order valence-electron chi connectivity index (χ4n) is 4.40. The summed E-state index contributed by atoms with van der Waals surface area (Å²) in [5.41, 5.74) is 2.15. The van der Waals surface area contributed by atoms with Gasteiger partial charge in [-0.05, 0) is 49.4 Å². The highest BCUT2D eigenvalue weighted by Crippen LogP contribution is 2.53. The number of hydrogen-bond acceptors (Lipinski definition) is 0. The molecule has 3 aliphatic rings. The zero-order chi connectivity index (χ0) is 11.0. The van der Waals surface area contributed by atoms with Gasteiger partial charge in [0.1, 0.15) is 0 Å². The van der Waals surface area contributed by atoms with E-state index in [1.165, 1.54) is 57.8 Å². The fraction of sp³-hybridized carbons (Fsp3) is 0.750. The van der Waals surface area contributed by atoms with Crippen molar-refractivity contribution in [2.45, 2.75) is 57.8 Å². The van der Waals surface area contributed by atoms with Gasteiger partial charge in [0.25, 0.3) is 0 Å². The van der Waals surface area contributed by atoms with E-state index in [2.05, 4.69) is 18.7 Å². The van der Waals surface area contributed by atoms with Crippen molar-refractivity contribution in [2.75, 3.05) is 0 Å². The van der Waals surface area contributed by atoms with E-state index >= 15 is 0 Å². The molecule has 2 fully saturated rings. The molecule has 3 rings (SSSR count). The SMILES string of the molecule is C=C1[C@H]2CCC[C@@H]2C=CCC12CCCCC2. The highest BCUT2D eigenvalue weighted by atomic mass is 14.5. The lowest BCUT2D eigenvalue weighted by atomic mass is 9.64. The van der Waals surface area contributed by atoms with Crippen molar-refractivity contribution < 1.29 is 0 Å². The lowest BCUT2D eigenvalue weighted by Crippen LogP contribution is -2.29. The van der Waals surface area contributed by atoms with Gasteiger partial charge < -0.3 is 0 Å². The van der Waals surface area contributed by atoms with E-state index in [0.29, 0.717) is 5.41 Å². The fourth-order valence-corrected chi connectivity index (χ4v) is 4.40. The standard InChI is InChI=1S/C16H24/c1-13-15-9-5-7-14(15)8-6-12-16(13)10-3-2-4-11-16/h6,8,14-15H,1-5,7,9-12H2/t14-,15-/m1/s1. The first-order valence-corrected chi connectivity index (χ1v) is 7.18. The molecule has 0 aliphatic heterocycles. The van der Waals surface area contributed by atoms with Crippen LogP contribution in [0.2, 0.25) is 0 Å². The summed E-state index contributed by atoms with van der Waals surface area (Å²) < 4.78 is 0. The van der Waals surface area contributed by atoms with Crippen LogP contribution in [0.15, 0.2) is 24.3 Å². The van der Waals surface area contributed by atoms with Crippen molar-refractivity contribution in [3.05, 3.63) is 24.3 Å². The third-order valence-corrected chi connectivity index (χ3v) is 5.40. The van der Waals surface area contributed by atoms with Crippen LogP contribution in [0.5, 0.6) is 0 Å². The Morgan fingerprint density at radius 1 is 1.06 bits per heavy atom. The highest BCUT2D eigenvalue weighted by molar-refractivity contribution is 5.23. The van der Waals surface area contributed by atoms with Crippen molar-refractivity contribution in [1.29, 1.82) is 0 Å². The van der Waals surface area contributed by atoms with Crippen LogP contribution in [0.1, 0.15) is 57.8 Å². The second kappa shape index (κ2) is 4.05. The van der Waals surface area contributed by atoms with Gasteiger partial charge >= 0.3 is 0 Å². The Hall–Kier alpha value is -0.520. The molecule has 0 N–H and O–H groups in total. The predicted molar refractivity (Wildman–Crippen MR) is 69.2 cm³/mol. The molecule has 2 saturated carbocycles. The van der Waals surface area contributed by atoms with Gasteiger partial charge in [-0.2, -0.15) is 0 Å². The predicted octanol–water partition coefficient (Wildman–Crippen LogP) is 4.87. The number of allylic oxidation sites excluding steroid dienone is 3. The zero-order valence-corrected chi connectivity index (χ0v) is 10.4. The summed E-state index contributed by atoms with van der Waals surface area (Å²) in [5.74, 6) is 1.67. The van der Waals surface area contributed by atoms with Gasteiger partial charge in [-0.15, -0.1) is 0 Å². The third kappa shape index (κ3) is 1.58. The van der Waals surface area contributed by atoms with E-state index in [4.69, 9.17) is 0 Å². The van der Waals surface area contributed by atoms with Crippen molar-refractivity contribution in [3.8, 4) is 0 Å². The van der Waals surface area contributed by atoms with Gasteiger partial charge in [0.05, 0.1) is 0 Å². The first kappa shape index (κ1) is 10.6. The molecule has 0 unspecified atom stereocenters. The third-order valence-electron chi connectivity index (χ3n) is 5.40. The van der Waals surface area contributed by atoms with Crippen LogP contribution in [0.3, 0.4) is 0 Å². The molecule has 0 aromatic carbocycles. The molecule has 0 nitrogen and oxygen atoms in total. The normalized spacial score (nSPS) is 37.4. The quantitative estimate of drug-likeness (QED) is 0.507. The maximum atomic E-state index is 4.55. The van der Waals surface area contributed by atoms with Crippen molar-refractivity contribution in [3.63, 3.8) is 0 Å². The Labute approximate surface area is 99.8 Å². The summed E-state index contributed by atoms with van der Waals surface area (Å²) in [4.78, 5) is 0. The van der Waals surface area contributed by atoms with E-state index < -0.39 is 0 Å². The molecule has 0 heteroatoms. The first-order chi connectivity index (χ1) is 7.82. The maximum absolute atomic E-state index is 4.55. The summed E-state index contributed by atoms with van der Waals surface area (Å²) in [5, 5.41) is 0. The largest absolute Gasteiger partial charge is 0.0990 e. The topological polar surface area (TPSA) is 0 Å². The van der Waals surface area contributed by atoms with Crippen molar-refractivity contribution in [2.24, 2.45) is 17.3 Å². The Balaban J connectivity index is 1.89. The second-order valence-corrected chi connectivity index (χ2v) is 6.20. The average molecular weight is 216 g/mol. The Kier molecular flexibility index (Phi) is 2.69. The monoisotopic (exact) mass is 216 g/mol. The van der Waals surface area contributed by atoms with Gasteiger partial charge in [-0.1, -0.05) is 50.0 Å². The molecule has 0 heterocycles. The van der Waals surface area contributed by atoms with Crippen LogP contribution < -0.4 is 0 Å². The van der Waals surface area contributed by atoms with E-state index in [9.17, 15) is 0 Å². The van der Waals surface area contributed by atoms with Crippen LogP contribution in [0, 0.1) is 17.3 Å². The molecule has 2 atom stereocenters. The lowest BCUT2D eigenvalue weighted by molar-refractivity contribution is 0.220. The van der Waals surface area contributed by atoms with E-state index in [1.54, 1.807) is 5.57 Å². The van der Waals surface area contributed by atoms with Gasteiger partial charge in [0.15, 0.2) is 0 Å². The van der Waals surface area contributed by atoms with Crippen molar-refractivity contribution in [1.82, 2.24) is 0 Å². The zero-order valence-electron chi connectivity index (χ0n) is 10.4. The minimum atomic E-state index is 0.512. The first-order valence-electron chi connectivity index (χ1n) is 7.18. The molecule has 0 radical (unpaired) electrons. The summed E-state index contributed by atoms with van der Waals surface area (Å²) in [6.45, 7) is 4.55. The van der Waals surface area contributed by atoms with Gasteiger partial charge in [-0.25, -0.2) is 0 Å². The Morgan fingerprint density at radius 3 is 2.69 bits per heavy atom. The lowest BCUT2D eigenvalue weighted by Gasteiger charge is -2.40. The van der Waals surface area contributed by atoms with Crippen LogP contribution in [-0.4, -0.2) is 0 Å². The summed E-state index contributed by atoms with van der Waals surface area (Å²) >= 11 is 0. The molecular formula is C16H24. The minimum Gasteiger partial charge on any atom is -0.0990 e. The molecule has 16 heavy (non-hydrogen) atoms. The van der Waals surface area contributed by atoms with Crippen LogP contribution in [-0.2, 0) is 0 Å². The van der Waals surface area contributed by atoms with Gasteiger partial charge in [0.2, 0.25) is 0 Å². The van der Waals surface area contributed by atoms with Crippen LogP contribution in [0.4, 0.5) is 0 Å². The number of fused-ring (bicyclic) bond motifs is 1. The van der Waals surface area contributed by atoms with Gasteiger partial charge in [-0.3, -0.25) is 0 Å². The van der Waals surface area contributed by atoms with Crippen molar-refractivity contribution >= 4 is 0 Å². The Bertz CT molecular complexity index is 304. The smallest absolute Gasteiger partial charge is 0.00533 e. The molecule has 0 aromatic rings. The maximum Gasteiger partial charge on any atom is -0.00533 e. The molecule has 0 amide bonds. The number of rotatable bonds is 0. The number of hydrogen-bond donors (Lipinski definition) is 0. The van der Waals surface area contributed by atoms with E-state index in [-0.39, 0.29) is 0 Å². The summed E-state index contributed by atoms with van der Waals surface area (Å²) in [7, 11) is 0. The highest BCUT2D eigenvalue weighted by Gasteiger charge is 2.41. The van der Waals surface area contributed by atoms with Crippen LogP contribution >= 0.6 is 0 Å². The second-order valence-electron chi connectivity index (χ2n) is 6.20. The Morgan fingerprint density at radius 2 is 1.88 bits per heavy atom. The molecule has 88 valence electrons. The molecule has 0 saturated heterocycles. The van der Waals surface area contributed by atoms with E-state index in [0.717, 1.165) is 11.8 Å². The minimum absolute atomic E-state index is 0.512. The molecule has 1 spiro atoms. The summed E-state index contributed by atoms with van der Waals surface area (Å²) in [6, 6.07) is 0. The summed E-state index contributed by atoms with van der Waals surface area (Å²) in [6.07, 6.45) is 17.7. The molecule has 0 bridgehead atoms. The molecule has 0 aromatic heterocycles. The van der Waals surface area contributed by atoms with Gasteiger partial charge in [0, 0.05) is 0 Å². The van der Waals surface area contributed by atoms with Crippen LogP contribution in [0.25, 0.3) is 0 Å². The molecule has 3 aliphatic carbocycles. The molecular weight excluding hydrogens is 192 g/mol. The average Bonchev–Trinajstić information content (AvgIpc) is 2.73. The van der Waals surface area contributed by atoms with E-state index in [1.807, 2.05) is 0 Å².